The summed E-state index contributed by atoms with van der Waals surface area (Å²) in [6.07, 6.45) is 0. The number of hydrogen-bond acceptors (Lipinski definition) is 3. The van der Waals surface area contributed by atoms with Crippen LogP contribution in [-0.2, 0) is 6.54 Å². The molecule has 1 aromatic rings. The van der Waals surface area contributed by atoms with E-state index >= 15 is 0 Å². The van der Waals surface area contributed by atoms with E-state index in [9.17, 15) is 0 Å². The third-order valence-electron chi connectivity index (χ3n) is 2.67. The topological polar surface area (TPSA) is 41.9 Å². The van der Waals surface area contributed by atoms with Crippen molar-refractivity contribution in [2.45, 2.75) is 27.3 Å². The Bertz CT molecular complexity index is 329. The standard InChI is InChI=1S/C10H18N4/c1-4-14-10-9(8(3)13-14)11-5-7(2)6-12-10/h7,11-12H,4-6H2,1-3H3. The molecule has 1 unspecified atom stereocenters. The van der Waals surface area contributed by atoms with Crippen LogP contribution in [0.25, 0.3) is 0 Å². The summed E-state index contributed by atoms with van der Waals surface area (Å²) in [7, 11) is 0. The molecule has 14 heavy (non-hydrogen) atoms. The van der Waals surface area contributed by atoms with Gasteiger partial charge in [-0.1, -0.05) is 6.92 Å². The van der Waals surface area contributed by atoms with Crippen LogP contribution >= 0.6 is 0 Å². The van der Waals surface area contributed by atoms with E-state index in [0.717, 1.165) is 31.1 Å². The van der Waals surface area contributed by atoms with Crippen molar-refractivity contribution in [1.29, 1.82) is 0 Å². The molecule has 1 atom stereocenters. The summed E-state index contributed by atoms with van der Waals surface area (Å²) >= 11 is 0. The van der Waals surface area contributed by atoms with Crippen LogP contribution in [-0.4, -0.2) is 22.9 Å². The maximum atomic E-state index is 4.47. The number of nitrogens with zero attached hydrogens (tertiary/aromatic N) is 2. The molecule has 0 spiro atoms. The Balaban J connectivity index is 2.36. The molecule has 1 aliphatic heterocycles. The van der Waals surface area contributed by atoms with Crippen LogP contribution in [0.4, 0.5) is 11.5 Å². The molecule has 0 aliphatic carbocycles. The van der Waals surface area contributed by atoms with Gasteiger partial charge >= 0.3 is 0 Å². The molecular formula is C10H18N4. The first-order valence-corrected chi connectivity index (χ1v) is 5.27. The van der Waals surface area contributed by atoms with E-state index in [1.807, 2.05) is 4.68 Å². The van der Waals surface area contributed by atoms with E-state index in [-0.39, 0.29) is 0 Å². The Kier molecular flexibility index (Phi) is 2.35. The van der Waals surface area contributed by atoms with Gasteiger partial charge in [-0.25, -0.2) is 4.68 Å². The highest BCUT2D eigenvalue weighted by Gasteiger charge is 2.18. The average molecular weight is 194 g/mol. The van der Waals surface area contributed by atoms with E-state index in [1.54, 1.807) is 0 Å². The van der Waals surface area contributed by atoms with Crippen molar-refractivity contribution in [3.05, 3.63) is 5.69 Å². The number of anilines is 2. The van der Waals surface area contributed by atoms with Gasteiger partial charge in [0.25, 0.3) is 0 Å². The summed E-state index contributed by atoms with van der Waals surface area (Å²) in [5.74, 6) is 1.81. The number of nitrogens with one attached hydrogen (secondary N) is 2. The quantitative estimate of drug-likeness (QED) is 0.714. The zero-order chi connectivity index (χ0) is 10.1. The highest BCUT2D eigenvalue weighted by atomic mass is 15.3. The summed E-state index contributed by atoms with van der Waals surface area (Å²) in [4.78, 5) is 0. The lowest BCUT2D eigenvalue weighted by Gasteiger charge is -2.08. The van der Waals surface area contributed by atoms with Gasteiger partial charge in [0.15, 0.2) is 0 Å². The monoisotopic (exact) mass is 194 g/mol. The van der Waals surface area contributed by atoms with Gasteiger partial charge in [0.05, 0.1) is 5.69 Å². The lowest BCUT2D eigenvalue weighted by molar-refractivity contribution is 0.630. The largest absolute Gasteiger partial charge is 0.380 e. The fraction of sp³-hybridized carbons (Fsp3) is 0.700. The molecule has 0 radical (unpaired) electrons. The molecule has 0 amide bonds. The first-order chi connectivity index (χ1) is 6.72. The zero-order valence-electron chi connectivity index (χ0n) is 9.09. The minimum atomic E-state index is 0.659. The molecule has 0 aromatic carbocycles. The third kappa shape index (κ3) is 1.45. The van der Waals surface area contributed by atoms with Crippen LogP contribution in [0.3, 0.4) is 0 Å². The average Bonchev–Trinajstić information content (AvgIpc) is 2.33. The predicted octanol–water partition coefficient (Wildman–Crippen LogP) is 1.68. The minimum Gasteiger partial charge on any atom is -0.380 e. The van der Waals surface area contributed by atoms with Crippen molar-refractivity contribution in [2.75, 3.05) is 23.7 Å². The van der Waals surface area contributed by atoms with E-state index < -0.39 is 0 Å². The van der Waals surface area contributed by atoms with E-state index in [0.29, 0.717) is 5.92 Å². The van der Waals surface area contributed by atoms with Crippen LogP contribution in [0.2, 0.25) is 0 Å². The van der Waals surface area contributed by atoms with Crippen LogP contribution in [0.15, 0.2) is 0 Å². The van der Waals surface area contributed by atoms with Crippen LogP contribution in [0.5, 0.6) is 0 Å². The van der Waals surface area contributed by atoms with Crippen LogP contribution < -0.4 is 10.6 Å². The van der Waals surface area contributed by atoms with Crippen LogP contribution in [0.1, 0.15) is 19.5 Å². The Morgan fingerprint density at radius 2 is 2.14 bits per heavy atom. The molecule has 2 rings (SSSR count). The van der Waals surface area contributed by atoms with Crippen molar-refractivity contribution in [2.24, 2.45) is 5.92 Å². The first-order valence-electron chi connectivity index (χ1n) is 5.27. The predicted molar refractivity (Wildman–Crippen MR) is 58.8 cm³/mol. The van der Waals surface area contributed by atoms with Gasteiger partial charge in [-0.15, -0.1) is 0 Å². The van der Waals surface area contributed by atoms with Crippen molar-refractivity contribution in [1.82, 2.24) is 9.78 Å². The van der Waals surface area contributed by atoms with E-state index in [2.05, 4.69) is 36.5 Å². The summed E-state index contributed by atoms with van der Waals surface area (Å²) in [6, 6.07) is 0. The molecule has 0 saturated carbocycles. The second-order valence-electron chi connectivity index (χ2n) is 3.99. The molecule has 1 aliphatic rings. The fourth-order valence-corrected chi connectivity index (χ4v) is 1.82. The van der Waals surface area contributed by atoms with Crippen molar-refractivity contribution >= 4 is 11.5 Å². The Morgan fingerprint density at radius 3 is 2.86 bits per heavy atom. The molecule has 4 heteroatoms. The molecule has 78 valence electrons. The molecule has 0 saturated heterocycles. The second-order valence-corrected chi connectivity index (χ2v) is 3.99. The summed E-state index contributed by atoms with van der Waals surface area (Å²) in [6.45, 7) is 9.37. The Morgan fingerprint density at radius 1 is 1.43 bits per heavy atom. The first kappa shape index (κ1) is 9.37. The maximum absolute atomic E-state index is 4.47. The number of fused-ring (bicyclic) bond motifs is 1. The molecule has 1 aromatic heterocycles. The third-order valence-corrected chi connectivity index (χ3v) is 2.67. The Labute approximate surface area is 84.7 Å². The molecule has 4 nitrogen and oxygen atoms in total. The lowest BCUT2D eigenvalue weighted by Crippen LogP contribution is -2.16. The van der Waals surface area contributed by atoms with Gasteiger partial charge in [-0.05, 0) is 19.8 Å². The fourth-order valence-electron chi connectivity index (χ4n) is 1.82. The van der Waals surface area contributed by atoms with Crippen molar-refractivity contribution < 1.29 is 0 Å². The van der Waals surface area contributed by atoms with Crippen molar-refractivity contribution in [3.8, 4) is 0 Å². The van der Waals surface area contributed by atoms with Crippen LogP contribution in [0, 0.1) is 12.8 Å². The maximum Gasteiger partial charge on any atom is 0.148 e. The number of aromatic nitrogens is 2. The summed E-state index contributed by atoms with van der Waals surface area (Å²) in [5.41, 5.74) is 2.26. The van der Waals surface area contributed by atoms with Gasteiger partial charge in [-0.2, -0.15) is 5.10 Å². The molecular weight excluding hydrogens is 176 g/mol. The minimum absolute atomic E-state index is 0.659. The summed E-state index contributed by atoms with van der Waals surface area (Å²) < 4.78 is 2.02. The summed E-state index contributed by atoms with van der Waals surface area (Å²) in [5, 5.41) is 11.4. The molecule has 0 bridgehead atoms. The van der Waals surface area contributed by atoms with E-state index in [4.69, 9.17) is 0 Å². The number of aryl methyl sites for hydroxylation is 2. The van der Waals surface area contributed by atoms with Gasteiger partial charge < -0.3 is 10.6 Å². The number of rotatable bonds is 1. The highest BCUT2D eigenvalue weighted by molar-refractivity contribution is 5.68. The number of hydrogen-bond donors (Lipinski definition) is 2. The normalized spacial score (nSPS) is 20.6. The highest BCUT2D eigenvalue weighted by Crippen LogP contribution is 2.28. The van der Waals surface area contributed by atoms with Gasteiger partial charge in [0, 0.05) is 19.6 Å². The van der Waals surface area contributed by atoms with Gasteiger partial charge in [0.2, 0.25) is 0 Å². The van der Waals surface area contributed by atoms with Crippen molar-refractivity contribution in [3.63, 3.8) is 0 Å². The van der Waals surface area contributed by atoms with Gasteiger partial charge in [-0.3, -0.25) is 0 Å². The molecule has 2 heterocycles. The smallest absolute Gasteiger partial charge is 0.148 e. The lowest BCUT2D eigenvalue weighted by atomic mass is 10.2. The SMILES string of the molecule is CCn1nc(C)c2c1NCC(C)CN2. The second kappa shape index (κ2) is 3.52. The molecule has 0 fully saturated rings. The Hall–Kier alpha value is -1.19. The molecule has 2 N–H and O–H groups in total. The zero-order valence-corrected chi connectivity index (χ0v) is 9.09. The van der Waals surface area contributed by atoms with E-state index in [1.165, 1.54) is 5.69 Å². The van der Waals surface area contributed by atoms with Gasteiger partial charge in [0.1, 0.15) is 11.5 Å².